The number of unbranched alkanes of at least 4 members (excludes halogenated alkanes) is 2. The third kappa shape index (κ3) is 18.4. The van der Waals surface area contributed by atoms with Gasteiger partial charge in [0.15, 0.2) is 5.71 Å². The molecule has 4 aromatic carbocycles. The Morgan fingerprint density at radius 3 is 2.04 bits per heavy atom. The quantitative estimate of drug-likeness (QED) is 0.00885. The van der Waals surface area contributed by atoms with Crippen molar-refractivity contribution in [2.45, 2.75) is 179 Å². The molecule has 1 saturated heterocycles. The summed E-state index contributed by atoms with van der Waals surface area (Å²) in [4.78, 5) is 81.4. The van der Waals surface area contributed by atoms with Gasteiger partial charge in [0.2, 0.25) is 23.4 Å². The first-order chi connectivity index (χ1) is 45.2. The average molecular weight is 1430 g/mol. The Kier molecular flexibility index (Phi) is 24.7. The van der Waals surface area contributed by atoms with E-state index in [4.69, 9.17) is 14.4 Å². The number of hydrogen-bond donors (Lipinski definition) is 8. The fourth-order valence-electron chi connectivity index (χ4n) is 13.0. The molecule has 0 aliphatic carbocycles. The zero-order chi connectivity index (χ0) is 70.0. The molecule has 4 aliphatic heterocycles. The van der Waals surface area contributed by atoms with Gasteiger partial charge >= 0.3 is 5.97 Å². The molecule has 522 valence electrons. The SMILES string of the molecule is CC1(C)C2=[N+](CCCCCC(=O)NC(C(=O)NCCCCCC(=O)ON3C(=O)CCC3=O)CCCCNC(=O)CCCCCC3(C)/C(=C/C=C/C=C2)N(CCCS(=O)(=O)O)c2ccc4c(S(=O)(=O)O)cc(S(=O)(=O)O)cc4c23)c2ccc3c(SOOO)cc(S(=O)(=O)O)cc3c21. The Morgan fingerprint density at radius 1 is 0.698 bits per heavy atom. The van der Waals surface area contributed by atoms with Crippen LogP contribution in [0.15, 0.2) is 104 Å². The van der Waals surface area contributed by atoms with Crippen LogP contribution in [0.25, 0.3) is 21.5 Å². The van der Waals surface area contributed by atoms with Crippen molar-refractivity contribution in [3.05, 3.63) is 95.7 Å². The minimum atomic E-state index is -5.14. The number of benzene rings is 4. The number of nitrogens with zero attached hydrogens (tertiary/aromatic N) is 3. The van der Waals surface area contributed by atoms with Crippen molar-refractivity contribution in [2.75, 3.05) is 36.8 Å². The van der Waals surface area contributed by atoms with Gasteiger partial charge in [-0.05, 0) is 149 Å². The summed E-state index contributed by atoms with van der Waals surface area (Å²) >= 11 is 0.507. The van der Waals surface area contributed by atoms with Gasteiger partial charge in [-0.2, -0.15) is 38.2 Å². The van der Waals surface area contributed by atoms with Crippen LogP contribution in [0.4, 0.5) is 11.4 Å². The molecule has 4 aliphatic rings. The van der Waals surface area contributed by atoms with E-state index in [-0.39, 0.29) is 98.5 Å². The smallest absolute Gasteiger partial charge is 0.333 e. The summed E-state index contributed by atoms with van der Waals surface area (Å²) in [6.45, 7) is 6.45. The van der Waals surface area contributed by atoms with Crippen LogP contribution >= 0.6 is 12.0 Å². The number of imide groups is 1. The fourth-order valence-corrected chi connectivity index (χ4v) is 16.0. The molecule has 5 amide bonds. The molecule has 2 atom stereocenters. The van der Waals surface area contributed by atoms with Gasteiger partial charge in [0.05, 0.1) is 33.0 Å². The molecule has 28 nitrogen and oxygen atoms in total. The average Bonchev–Trinajstić information content (AvgIpc) is 1.53. The van der Waals surface area contributed by atoms with Crippen LogP contribution in [-0.4, -0.2) is 146 Å². The second-order valence-corrected chi connectivity index (χ2v) is 31.2. The number of amides is 5. The van der Waals surface area contributed by atoms with Gasteiger partial charge in [0.1, 0.15) is 17.5 Å². The first-order valence-corrected chi connectivity index (χ1v) is 38.0. The highest BCUT2D eigenvalue weighted by molar-refractivity contribution is 7.94. The Morgan fingerprint density at radius 2 is 1.36 bits per heavy atom. The summed E-state index contributed by atoms with van der Waals surface area (Å²) in [6, 6.07) is 9.80. The molecule has 96 heavy (non-hydrogen) atoms. The Labute approximate surface area is 560 Å². The molecule has 0 bridgehead atoms. The van der Waals surface area contributed by atoms with Crippen molar-refractivity contribution in [1.29, 1.82) is 0 Å². The normalized spacial score (nSPS) is 20.9. The number of hydrogen-bond acceptors (Lipinski definition) is 20. The van der Waals surface area contributed by atoms with E-state index >= 15 is 0 Å². The molecule has 8 N–H and O–H groups in total. The first kappa shape index (κ1) is 74.8. The van der Waals surface area contributed by atoms with E-state index in [2.05, 4.69) is 25.6 Å². The lowest BCUT2D eigenvalue weighted by molar-refractivity contribution is -0.438. The summed E-state index contributed by atoms with van der Waals surface area (Å²) in [7, 11) is -19.6. The highest BCUT2D eigenvalue weighted by Gasteiger charge is 2.47. The lowest BCUT2D eigenvalue weighted by Gasteiger charge is -2.31. The summed E-state index contributed by atoms with van der Waals surface area (Å²) in [5.74, 6) is -3.61. The maximum atomic E-state index is 13.7. The highest BCUT2D eigenvalue weighted by Crippen LogP contribution is 2.55. The predicted octanol–water partition coefficient (Wildman–Crippen LogP) is 8.17. The van der Waals surface area contributed by atoms with Gasteiger partial charge in [-0.3, -0.25) is 42.2 Å². The number of anilines is 1. The number of carbonyl (C=O) groups is 6. The fraction of sp³-hybridized carbons (Fsp3) is 0.476. The Balaban J connectivity index is 1.13. The van der Waals surface area contributed by atoms with E-state index in [0.717, 1.165) is 6.07 Å². The lowest BCUT2D eigenvalue weighted by atomic mass is 9.75. The summed E-state index contributed by atoms with van der Waals surface area (Å²) < 4.78 is 149. The van der Waals surface area contributed by atoms with Gasteiger partial charge in [0.25, 0.3) is 52.3 Å². The molecule has 4 heterocycles. The molecule has 8 rings (SSSR count). The number of hydroxylamine groups is 2. The van der Waals surface area contributed by atoms with Crippen molar-refractivity contribution in [3.63, 3.8) is 0 Å². The van der Waals surface area contributed by atoms with Crippen molar-refractivity contribution in [3.8, 4) is 0 Å². The number of allylic oxidation sites excluding steroid dienone is 6. The van der Waals surface area contributed by atoms with Crippen LogP contribution in [0.3, 0.4) is 0 Å². The molecule has 2 unspecified atom stereocenters. The maximum Gasteiger partial charge on any atom is 0.333 e. The molecule has 0 spiro atoms. The second kappa shape index (κ2) is 31.7. The molecular weight excluding hydrogens is 1350 g/mol. The van der Waals surface area contributed by atoms with Crippen molar-refractivity contribution < 1.29 is 105 Å². The van der Waals surface area contributed by atoms with E-state index < -0.39 is 101 Å². The number of nitrogens with one attached hydrogen (secondary N) is 3. The minimum absolute atomic E-state index is 0.0315. The molecule has 4 aromatic rings. The predicted molar refractivity (Wildman–Crippen MR) is 352 cm³/mol. The van der Waals surface area contributed by atoms with Crippen LogP contribution in [-0.2, 0) is 94.3 Å². The van der Waals surface area contributed by atoms with Crippen molar-refractivity contribution in [2.24, 2.45) is 0 Å². The monoisotopic (exact) mass is 1430 g/mol. The number of rotatable bonds is 18. The minimum Gasteiger partial charge on any atom is -0.356 e. The van der Waals surface area contributed by atoms with Crippen LogP contribution in [0, 0.1) is 0 Å². The molecule has 33 heteroatoms. The second-order valence-electron chi connectivity index (χ2n) is 24.7. The largest absolute Gasteiger partial charge is 0.356 e. The van der Waals surface area contributed by atoms with E-state index in [0.29, 0.717) is 145 Å². The standard InChI is InChI=1S/C63H78N6O22S5/c1-62(2)52-20-8-4-9-21-53-63(3,60-46-38-42(95(83,84)85)40-51(96(86,87)88)44(46)26-28-49(60)68(53)35-18-36-93(77,78)79)31-14-5-10-22-54(70)64-32-16-13-19-47(61(75)65-33-15-6-12-24-58(74)89-69-56(72)29-30-57(69)73)66-55(71)23-11-7-17-34-67(52)48-27-25-43-45(59(48)62)37-41(94(80,81)82)39-50(43)92-91-90-76/h4,8-9,20-21,25-28,37-40,47H,5-7,10-19,22-24,29-36H2,1-3H3,(H7-,64,65,66,70,71,75,76,77,78,79,80,81,82,83,84,85,86,87,88)/p+1. The molecule has 0 radical (unpaired) electrons. The van der Waals surface area contributed by atoms with Gasteiger partial charge in [-0.15, -0.1) is 9.40 Å². The van der Waals surface area contributed by atoms with E-state index in [1.165, 1.54) is 18.2 Å². The van der Waals surface area contributed by atoms with E-state index in [9.17, 15) is 80.6 Å². The van der Waals surface area contributed by atoms with Crippen LogP contribution < -0.4 is 20.9 Å². The molecule has 0 saturated carbocycles. The summed E-state index contributed by atoms with van der Waals surface area (Å²) in [6.07, 6.45) is 14.0. The highest BCUT2D eigenvalue weighted by atomic mass is 32.2. The van der Waals surface area contributed by atoms with Crippen LogP contribution in [0.5, 0.6) is 0 Å². The third-order valence-electron chi connectivity index (χ3n) is 17.5. The molecule has 1 fully saturated rings. The summed E-state index contributed by atoms with van der Waals surface area (Å²) in [5.41, 5.74) is 1.20. The van der Waals surface area contributed by atoms with Gasteiger partial charge in [0, 0.05) is 103 Å². The van der Waals surface area contributed by atoms with E-state index in [1.54, 1.807) is 41.3 Å². The molecule has 0 aromatic heterocycles. The zero-order valence-corrected chi connectivity index (χ0v) is 57.2. The topological polar surface area (TPSA) is 413 Å². The first-order valence-electron chi connectivity index (χ1n) is 31.4. The lowest BCUT2D eigenvalue weighted by Crippen LogP contribution is -2.47. The van der Waals surface area contributed by atoms with Crippen molar-refractivity contribution >= 4 is 127 Å². The summed E-state index contributed by atoms with van der Waals surface area (Å²) in [5, 5.41) is 22.9. The maximum absolute atomic E-state index is 13.7. The van der Waals surface area contributed by atoms with Crippen LogP contribution in [0.1, 0.15) is 154 Å². The zero-order valence-electron chi connectivity index (χ0n) is 53.1. The Hall–Kier alpha value is -7.02. The van der Waals surface area contributed by atoms with Gasteiger partial charge < -0.3 is 25.7 Å². The molecular formula is C63H79N6O22S5+. The van der Waals surface area contributed by atoms with E-state index in [1.807, 2.05) is 32.9 Å². The van der Waals surface area contributed by atoms with Gasteiger partial charge in [-0.1, -0.05) is 48.6 Å². The third-order valence-corrected chi connectivity index (χ3v) is 21.5. The van der Waals surface area contributed by atoms with Gasteiger partial charge in [-0.25, -0.2) is 10.1 Å². The number of fused-ring (bicyclic) bond motifs is 9. The van der Waals surface area contributed by atoms with Crippen LogP contribution in [0.2, 0.25) is 0 Å². The number of carbonyl (C=O) groups excluding carboxylic acids is 6. The van der Waals surface area contributed by atoms with Crippen molar-refractivity contribution in [1.82, 2.24) is 21.0 Å². The Bertz CT molecular complexity index is 4290.